The van der Waals surface area contributed by atoms with E-state index in [-0.39, 0.29) is 17.4 Å². The second-order valence-corrected chi connectivity index (χ2v) is 10.6. The van der Waals surface area contributed by atoms with Gasteiger partial charge in [-0.15, -0.1) is 13.2 Å². The Bertz CT molecular complexity index is 1580. The number of carbonyl (C=O) groups excluding carboxylic acids is 1. The molecule has 2 aromatic heterocycles. The fraction of sp³-hybridized carbons (Fsp3) is 0.345. The number of imidazole rings is 1. The molecule has 4 aromatic rings. The topological polar surface area (TPSA) is 106 Å². The van der Waals surface area contributed by atoms with Crippen molar-refractivity contribution in [2.75, 3.05) is 12.3 Å². The van der Waals surface area contributed by atoms with E-state index in [9.17, 15) is 23.1 Å². The van der Waals surface area contributed by atoms with Crippen LogP contribution in [0, 0.1) is 0 Å². The Morgan fingerprint density at radius 1 is 1.07 bits per heavy atom. The number of alkyl halides is 3. The molecule has 0 saturated carbocycles. The number of ether oxygens (including phenoxy) is 1. The molecule has 0 spiro atoms. The summed E-state index contributed by atoms with van der Waals surface area (Å²) < 4.78 is 44.1. The van der Waals surface area contributed by atoms with Crippen LogP contribution in [0.25, 0.3) is 16.8 Å². The van der Waals surface area contributed by atoms with Crippen LogP contribution in [0.5, 0.6) is 5.75 Å². The number of amides is 1. The van der Waals surface area contributed by atoms with E-state index >= 15 is 0 Å². The van der Waals surface area contributed by atoms with E-state index in [1.54, 1.807) is 36.5 Å². The van der Waals surface area contributed by atoms with E-state index in [1.165, 1.54) is 25.1 Å². The molecule has 4 heterocycles. The van der Waals surface area contributed by atoms with E-state index in [4.69, 9.17) is 10.7 Å². The number of fused-ring (bicyclic) bond motifs is 2. The zero-order valence-electron chi connectivity index (χ0n) is 21.7. The Hall–Kier alpha value is -4.12. The van der Waals surface area contributed by atoms with E-state index in [1.807, 2.05) is 15.5 Å². The van der Waals surface area contributed by atoms with Gasteiger partial charge in [-0.1, -0.05) is 36.4 Å². The standard InChI is InChI=1S/C29H28F3N5O3/c1-28(39,20-3-2-4-22(15-20)40-29(30,31)32)19-8-5-17(6-9-19)24-25-26(33)34-13-14-36(25)27(35-24)18-7-10-21-11-12-23(38)37(21)16-18/h2-6,8-9,13-15,18,21,39H,7,10-12,16H2,1H3,(H2,33,34)/t18-,21+,28+/m1/s1. The first-order valence-corrected chi connectivity index (χ1v) is 13.1. The molecule has 2 saturated heterocycles. The maximum atomic E-state index is 12.7. The first-order chi connectivity index (χ1) is 19.0. The number of nitrogens with two attached hydrogens (primary N) is 1. The van der Waals surface area contributed by atoms with Gasteiger partial charge in [0, 0.05) is 42.9 Å². The predicted molar refractivity (Wildman–Crippen MR) is 141 cm³/mol. The van der Waals surface area contributed by atoms with Crippen LogP contribution in [-0.2, 0) is 10.4 Å². The summed E-state index contributed by atoms with van der Waals surface area (Å²) >= 11 is 0. The van der Waals surface area contributed by atoms with Crippen molar-refractivity contribution in [2.24, 2.45) is 0 Å². The van der Waals surface area contributed by atoms with Crippen molar-refractivity contribution in [3.8, 4) is 17.0 Å². The average Bonchev–Trinajstić information content (AvgIpc) is 3.49. The van der Waals surface area contributed by atoms with Crippen LogP contribution in [0.15, 0.2) is 60.9 Å². The van der Waals surface area contributed by atoms with Crippen LogP contribution < -0.4 is 10.5 Å². The second kappa shape index (κ2) is 9.51. The van der Waals surface area contributed by atoms with Gasteiger partial charge in [0.15, 0.2) is 0 Å². The molecule has 1 amide bonds. The molecule has 3 N–H and O–H groups in total. The summed E-state index contributed by atoms with van der Waals surface area (Å²) in [5, 5.41) is 11.3. The minimum atomic E-state index is -4.83. The Morgan fingerprint density at radius 2 is 1.85 bits per heavy atom. The molecule has 6 rings (SSSR count). The molecular weight excluding hydrogens is 523 g/mol. The number of nitrogen functional groups attached to an aromatic ring is 1. The van der Waals surface area contributed by atoms with Gasteiger partial charge in [0.2, 0.25) is 5.91 Å². The van der Waals surface area contributed by atoms with Crippen molar-refractivity contribution in [3.63, 3.8) is 0 Å². The SMILES string of the molecule is C[C@](O)(c1ccc(-c2nc([C@@H]3CC[C@H]4CCC(=O)N4C3)n3ccnc(N)c23)cc1)c1cccc(OC(F)(F)F)c1. The zero-order chi connectivity index (χ0) is 28.2. The van der Waals surface area contributed by atoms with Gasteiger partial charge in [0.05, 0.1) is 0 Å². The number of hydrogen-bond donors (Lipinski definition) is 2. The lowest BCUT2D eigenvalue weighted by Gasteiger charge is -2.34. The summed E-state index contributed by atoms with van der Waals surface area (Å²) in [6.07, 6.45) is 1.96. The molecule has 3 atom stereocenters. The quantitative estimate of drug-likeness (QED) is 0.362. The van der Waals surface area contributed by atoms with Gasteiger partial charge in [-0.2, -0.15) is 0 Å². The number of nitrogens with zero attached hydrogens (tertiary/aromatic N) is 4. The third-order valence-corrected chi connectivity index (χ3v) is 8.04. The minimum absolute atomic E-state index is 0.0487. The van der Waals surface area contributed by atoms with Gasteiger partial charge in [-0.25, -0.2) is 9.97 Å². The number of rotatable bonds is 5. The van der Waals surface area contributed by atoms with Crippen LogP contribution in [-0.4, -0.2) is 49.2 Å². The summed E-state index contributed by atoms with van der Waals surface area (Å²) in [6, 6.07) is 12.6. The van der Waals surface area contributed by atoms with E-state index in [0.29, 0.717) is 41.6 Å². The van der Waals surface area contributed by atoms with Crippen molar-refractivity contribution in [1.29, 1.82) is 0 Å². The van der Waals surface area contributed by atoms with Crippen LogP contribution in [0.1, 0.15) is 55.5 Å². The van der Waals surface area contributed by atoms with Crippen molar-refractivity contribution in [3.05, 3.63) is 77.9 Å². The highest BCUT2D eigenvalue weighted by atomic mass is 19.4. The van der Waals surface area contributed by atoms with Gasteiger partial charge in [0.25, 0.3) is 0 Å². The number of anilines is 1. The molecule has 0 aliphatic carbocycles. The van der Waals surface area contributed by atoms with Gasteiger partial charge in [-0.3, -0.25) is 9.20 Å². The van der Waals surface area contributed by atoms with Crippen LogP contribution in [0.3, 0.4) is 0 Å². The smallest absolute Gasteiger partial charge is 0.406 e. The van der Waals surface area contributed by atoms with Crippen molar-refractivity contribution in [2.45, 2.75) is 56.5 Å². The molecule has 0 unspecified atom stereocenters. The Morgan fingerprint density at radius 3 is 2.60 bits per heavy atom. The first kappa shape index (κ1) is 26.1. The lowest BCUT2D eigenvalue weighted by Crippen LogP contribution is -2.41. The number of hydrogen-bond acceptors (Lipinski definition) is 6. The summed E-state index contributed by atoms with van der Waals surface area (Å²) in [7, 11) is 0. The fourth-order valence-corrected chi connectivity index (χ4v) is 5.97. The third kappa shape index (κ3) is 4.64. The number of halogens is 3. The highest BCUT2D eigenvalue weighted by Gasteiger charge is 2.38. The number of aromatic nitrogens is 3. The summed E-state index contributed by atoms with van der Waals surface area (Å²) in [5.41, 5.74) is 7.46. The van der Waals surface area contributed by atoms with Gasteiger partial charge >= 0.3 is 6.36 Å². The van der Waals surface area contributed by atoms with E-state index in [2.05, 4.69) is 9.72 Å². The summed E-state index contributed by atoms with van der Waals surface area (Å²) in [5.74, 6) is 0.962. The molecule has 208 valence electrons. The Labute approximate surface area is 228 Å². The maximum Gasteiger partial charge on any atom is 0.573 e. The van der Waals surface area contributed by atoms with Crippen molar-refractivity contribution in [1.82, 2.24) is 19.3 Å². The molecule has 0 radical (unpaired) electrons. The molecule has 2 aromatic carbocycles. The Kier molecular flexibility index (Phi) is 6.21. The summed E-state index contributed by atoms with van der Waals surface area (Å²) in [4.78, 5) is 23.7. The third-order valence-electron chi connectivity index (χ3n) is 8.04. The number of benzene rings is 2. The monoisotopic (exact) mass is 551 g/mol. The molecule has 11 heteroatoms. The van der Waals surface area contributed by atoms with Crippen LogP contribution >= 0.6 is 0 Å². The lowest BCUT2D eigenvalue weighted by atomic mass is 9.87. The van der Waals surface area contributed by atoms with Crippen molar-refractivity contribution < 1.29 is 27.8 Å². The van der Waals surface area contributed by atoms with E-state index < -0.39 is 17.7 Å². The molecule has 8 nitrogen and oxygen atoms in total. The average molecular weight is 552 g/mol. The van der Waals surface area contributed by atoms with Gasteiger partial charge in [0.1, 0.15) is 34.2 Å². The van der Waals surface area contributed by atoms with Crippen LogP contribution in [0.2, 0.25) is 0 Å². The van der Waals surface area contributed by atoms with Crippen LogP contribution in [0.4, 0.5) is 19.0 Å². The van der Waals surface area contributed by atoms with E-state index in [0.717, 1.165) is 30.7 Å². The molecule has 40 heavy (non-hydrogen) atoms. The molecule has 0 bridgehead atoms. The maximum absolute atomic E-state index is 12.7. The number of piperidine rings is 1. The van der Waals surface area contributed by atoms with Crippen molar-refractivity contribution >= 4 is 17.2 Å². The number of carbonyl (C=O) groups is 1. The number of aliphatic hydroxyl groups is 1. The van der Waals surface area contributed by atoms with Gasteiger partial charge in [-0.05, 0) is 49.4 Å². The Balaban J connectivity index is 1.33. The highest BCUT2D eigenvalue weighted by molar-refractivity contribution is 5.85. The normalized spacial score (nSPS) is 20.9. The lowest BCUT2D eigenvalue weighted by molar-refractivity contribution is -0.274. The fourth-order valence-electron chi connectivity index (χ4n) is 5.97. The first-order valence-electron chi connectivity index (χ1n) is 13.1. The zero-order valence-corrected chi connectivity index (χ0v) is 21.7. The van der Waals surface area contributed by atoms with Gasteiger partial charge < -0.3 is 20.5 Å². The largest absolute Gasteiger partial charge is 0.573 e. The highest BCUT2D eigenvalue weighted by Crippen LogP contribution is 2.39. The molecule has 2 fully saturated rings. The summed E-state index contributed by atoms with van der Waals surface area (Å²) in [6.45, 7) is 2.12. The predicted octanol–water partition coefficient (Wildman–Crippen LogP) is 5.00. The molecular formula is C29H28F3N5O3. The molecule has 2 aliphatic rings. The minimum Gasteiger partial charge on any atom is -0.406 e. The molecule has 2 aliphatic heterocycles. The second-order valence-electron chi connectivity index (χ2n) is 10.6.